The molecule has 4 aromatic heterocycles. The molecule has 0 radical (unpaired) electrons. The van der Waals surface area contributed by atoms with Gasteiger partial charge in [0.05, 0.1) is 5.69 Å². The van der Waals surface area contributed by atoms with Gasteiger partial charge >= 0.3 is 0 Å². The second kappa shape index (κ2) is 9.60. The molecular weight excluding hydrogens is 446 g/mol. The normalized spacial score (nSPS) is 14.9. The number of benzene rings is 1. The van der Waals surface area contributed by atoms with Crippen molar-refractivity contribution in [1.29, 1.82) is 0 Å². The number of piperazine rings is 1. The Bertz CT molecular complexity index is 1520. The number of fused-ring (bicyclic) bond motifs is 1. The maximum atomic E-state index is 4.95. The van der Waals surface area contributed by atoms with Crippen molar-refractivity contribution in [3.05, 3.63) is 84.4 Å². The van der Waals surface area contributed by atoms with Crippen LogP contribution in [0.1, 0.15) is 11.3 Å². The third-order valence-corrected chi connectivity index (χ3v) is 6.81. The third-order valence-electron chi connectivity index (χ3n) is 6.81. The van der Waals surface area contributed by atoms with Crippen molar-refractivity contribution in [3.63, 3.8) is 0 Å². The largest absolute Gasteiger partial charge is 0.346 e. The second-order valence-corrected chi connectivity index (χ2v) is 9.54. The van der Waals surface area contributed by atoms with E-state index in [1.54, 1.807) is 0 Å². The van der Waals surface area contributed by atoms with Gasteiger partial charge in [-0.25, -0.2) is 15.0 Å². The minimum absolute atomic E-state index is 0.600. The van der Waals surface area contributed by atoms with Crippen molar-refractivity contribution >= 4 is 11.0 Å². The Morgan fingerprint density at radius 1 is 0.833 bits per heavy atom. The first-order valence-corrected chi connectivity index (χ1v) is 12.4. The number of likely N-dealkylation sites (N-methyl/N-ethyl adjacent to an activating group) is 1. The van der Waals surface area contributed by atoms with Gasteiger partial charge in [-0.2, -0.15) is 0 Å². The minimum atomic E-state index is 0.600. The first-order chi connectivity index (χ1) is 17.6. The molecule has 5 aromatic rings. The molecule has 0 bridgehead atoms. The Morgan fingerprint density at radius 2 is 1.67 bits per heavy atom. The number of aromatic nitrogens is 5. The van der Waals surface area contributed by atoms with E-state index in [0.717, 1.165) is 77.5 Å². The Balaban J connectivity index is 1.35. The van der Waals surface area contributed by atoms with E-state index < -0.39 is 0 Å². The van der Waals surface area contributed by atoms with Crippen LogP contribution in [0.15, 0.2) is 73.2 Å². The maximum Gasteiger partial charge on any atom is 0.180 e. The molecule has 0 spiro atoms. The topological polar surface area (TPSA) is 73.8 Å². The average molecular weight is 476 g/mol. The number of nitrogens with one attached hydrogen (secondary N) is 1. The van der Waals surface area contributed by atoms with E-state index in [1.165, 1.54) is 5.56 Å². The van der Waals surface area contributed by atoms with Gasteiger partial charge in [0, 0.05) is 73.5 Å². The molecule has 7 heteroatoms. The molecule has 0 aliphatic carbocycles. The number of pyridine rings is 2. The molecule has 0 atom stereocenters. The Morgan fingerprint density at radius 3 is 2.53 bits per heavy atom. The summed E-state index contributed by atoms with van der Waals surface area (Å²) in [5.74, 6) is 0.600. The van der Waals surface area contributed by atoms with E-state index >= 15 is 0 Å². The van der Waals surface area contributed by atoms with E-state index in [2.05, 4.69) is 62.1 Å². The number of nitrogens with zero attached hydrogens (tertiary/aromatic N) is 6. The van der Waals surface area contributed by atoms with Crippen LogP contribution in [0.25, 0.3) is 44.9 Å². The molecule has 0 saturated carbocycles. The van der Waals surface area contributed by atoms with Crippen LogP contribution < -0.4 is 0 Å². The number of hydrogen-bond acceptors (Lipinski definition) is 6. The molecule has 1 saturated heterocycles. The molecule has 6 rings (SSSR count). The van der Waals surface area contributed by atoms with Crippen molar-refractivity contribution in [1.82, 2.24) is 34.7 Å². The Kier molecular flexibility index (Phi) is 6.01. The highest BCUT2D eigenvalue weighted by molar-refractivity contribution is 5.92. The fourth-order valence-corrected chi connectivity index (χ4v) is 4.78. The van der Waals surface area contributed by atoms with Gasteiger partial charge < -0.3 is 9.88 Å². The van der Waals surface area contributed by atoms with E-state index in [9.17, 15) is 0 Å². The van der Waals surface area contributed by atoms with Crippen molar-refractivity contribution in [2.24, 2.45) is 0 Å². The van der Waals surface area contributed by atoms with Gasteiger partial charge in [0.15, 0.2) is 5.82 Å². The van der Waals surface area contributed by atoms with Crippen LogP contribution in [0.5, 0.6) is 0 Å². The van der Waals surface area contributed by atoms with Gasteiger partial charge in [-0.15, -0.1) is 0 Å². The highest BCUT2D eigenvalue weighted by atomic mass is 15.2. The molecule has 36 heavy (non-hydrogen) atoms. The molecule has 1 aromatic carbocycles. The predicted molar refractivity (Wildman–Crippen MR) is 143 cm³/mol. The fourth-order valence-electron chi connectivity index (χ4n) is 4.78. The van der Waals surface area contributed by atoms with Crippen LogP contribution in [0, 0.1) is 6.92 Å². The minimum Gasteiger partial charge on any atom is -0.346 e. The Hall–Kier alpha value is -3.94. The van der Waals surface area contributed by atoms with Crippen molar-refractivity contribution < 1.29 is 0 Å². The van der Waals surface area contributed by atoms with E-state index in [4.69, 9.17) is 9.97 Å². The summed E-state index contributed by atoms with van der Waals surface area (Å²) < 4.78 is 0. The number of hydrogen-bond donors (Lipinski definition) is 1. The second-order valence-electron chi connectivity index (χ2n) is 9.54. The SMILES string of the molecule is Cc1cccc(-c2nc(-c3cncc(-c4cccc(CN5CCN(C)CC5)c4)c3)c3cc[nH]c3n2)n1. The van der Waals surface area contributed by atoms with Crippen LogP contribution in [-0.2, 0) is 6.54 Å². The molecular formula is C29H29N7. The van der Waals surface area contributed by atoms with E-state index in [1.807, 2.05) is 49.8 Å². The lowest BCUT2D eigenvalue weighted by Crippen LogP contribution is -2.43. The van der Waals surface area contributed by atoms with Gasteiger partial charge in [0.25, 0.3) is 0 Å². The lowest BCUT2D eigenvalue weighted by atomic mass is 10.0. The summed E-state index contributed by atoms with van der Waals surface area (Å²) in [4.78, 5) is 27.1. The summed E-state index contributed by atoms with van der Waals surface area (Å²) in [5.41, 5.74) is 7.85. The molecule has 7 nitrogen and oxygen atoms in total. The van der Waals surface area contributed by atoms with Gasteiger partial charge in [0.1, 0.15) is 11.3 Å². The molecule has 5 heterocycles. The molecule has 1 fully saturated rings. The number of aromatic amines is 1. The Labute approximate surface area is 210 Å². The molecule has 1 N–H and O–H groups in total. The van der Waals surface area contributed by atoms with Crippen molar-refractivity contribution in [2.75, 3.05) is 33.2 Å². The average Bonchev–Trinajstić information content (AvgIpc) is 3.39. The van der Waals surface area contributed by atoms with Crippen LogP contribution in [0.3, 0.4) is 0 Å². The summed E-state index contributed by atoms with van der Waals surface area (Å²) >= 11 is 0. The van der Waals surface area contributed by atoms with Crippen molar-refractivity contribution in [3.8, 4) is 33.9 Å². The highest BCUT2D eigenvalue weighted by Gasteiger charge is 2.16. The first kappa shape index (κ1) is 22.5. The molecule has 1 aliphatic heterocycles. The summed E-state index contributed by atoms with van der Waals surface area (Å²) in [6.07, 6.45) is 5.70. The molecule has 0 amide bonds. The summed E-state index contributed by atoms with van der Waals surface area (Å²) in [6.45, 7) is 7.41. The molecule has 0 unspecified atom stereocenters. The quantitative estimate of drug-likeness (QED) is 0.393. The van der Waals surface area contributed by atoms with Gasteiger partial charge in [-0.1, -0.05) is 24.3 Å². The third kappa shape index (κ3) is 4.63. The monoisotopic (exact) mass is 475 g/mol. The highest BCUT2D eigenvalue weighted by Crippen LogP contribution is 2.31. The summed E-state index contributed by atoms with van der Waals surface area (Å²) in [7, 11) is 2.19. The zero-order valence-electron chi connectivity index (χ0n) is 20.6. The molecule has 1 aliphatic rings. The predicted octanol–water partition coefficient (Wildman–Crippen LogP) is 4.80. The number of aryl methyl sites for hydroxylation is 1. The maximum absolute atomic E-state index is 4.95. The first-order valence-electron chi connectivity index (χ1n) is 12.4. The van der Waals surface area contributed by atoms with Crippen LogP contribution >= 0.6 is 0 Å². The van der Waals surface area contributed by atoms with Crippen molar-refractivity contribution in [2.45, 2.75) is 13.5 Å². The van der Waals surface area contributed by atoms with Crippen LogP contribution in [0.4, 0.5) is 0 Å². The number of H-pyrrole nitrogens is 1. The summed E-state index contributed by atoms with van der Waals surface area (Å²) in [6, 6.07) is 18.9. The fraction of sp³-hybridized carbons (Fsp3) is 0.241. The van der Waals surface area contributed by atoms with E-state index in [0.29, 0.717) is 5.82 Å². The van der Waals surface area contributed by atoms with Crippen LogP contribution in [0.2, 0.25) is 0 Å². The van der Waals surface area contributed by atoms with Gasteiger partial charge in [-0.05, 0) is 55.4 Å². The standard InChI is InChI=1S/C29H29N7/c1-20-5-3-8-26(32-20)29-33-27(25-9-10-31-28(25)34-29)24-16-23(17-30-18-24)22-7-4-6-21(15-22)19-36-13-11-35(2)12-14-36/h3-10,15-18H,11-14,19H2,1-2H3,(H,31,33,34). The van der Waals surface area contributed by atoms with E-state index in [-0.39, 0.29) is 0 Å². The zero-order chi connectivity index (χ0) is 24.5. The van der Waals surface area contributed by atoms with Gasteiger partial charge in [-0.3, -0.25) is 9.88 Å². The zero-order valence-corrected chi connectivity index (χ0v) is 20.6. The lowest BCUT2D eigenvalue weighted by molar-refractivity contribution is 0.148. The smallest absolute Gasteiger partial charge is 0.180 e. The van der Waals surface area contributed by atoms with Crippen LogP contribution in [-0.4, -0.2) is 67.9 Å². The molecule has 180 valence electrons. The number of rotatable bonds is 5. The lowest BCUT2D eigenvalue weighted by Gasteiger charge is -2.32. The van der Waals surface area contributed by atoms with Gasteiger partial charge in [0.2, 0.25) is 0 Å². The summed E-state index contributed by atoms with van der Waals surface area (Å²) in [5, 5.41) is 0.967.